The molecule has 1 aliphatic heterocycles. The molecule has 11 heteroatoms. The molecule has 1 saturated heterocycles. The number of nitrogens with zero attached hydrogens (tertiary/aromatic N) is 1. The predicted molar refractivity (Wildman–Crippen MR) is 109 cm³/mol. The van der Waals surface area contributed by atoms with Gasteiger partial charge in [-0.05, 0) is 34.1 Å². The van der Waals surface area contributed by atoms with E-state index in [1.807, 2.05) is 0 Å². The summed E-state index contributed by atoms with van der Waals surface area (Å²) >= 11 is 0. The van der Waals surface area contributed by atoms with Crippen molar-refractivity contribution in [1.82, 2.24) is 0 Å². The smallest absolute Gasteiger partial charge is 0.399 e. The van der Waals surface area contributed by atoms with Gasteiger partial charge in [-0.2, -0.15) is 13.2 Å². The Balaban J connectivity index is 2.46. The number of methoxy groups -OCH3 is 1. The lowest BCUT2D eigenvalue weighted by atomic mass is 9.77. The van der Waals surface area contributed by atoms with Crippen LogP contribution >= 0.6 is 0 Å². The molecule has 31 heavy (non-hydrogen) atoms. The average Bonchev–Trinajstić information content (AvgIpc) is 2.87. The molecule has 1 aliphatic rings. The zero-order valence-corrected chi connectivity index (χ0v) is 18.1. The van der Waals surface area contributed by atoms with Crippen LogP contribution in [0.3, 0.4) is 0 Å². The normalized spacial score (nSPS) is 19.2. The quantitative estimate of drug-likeness (QED) is 0.300. The highest BCUT2D eigenvalue weighted by molar-refractivity contribution is 6.62. The first kappa shape index (κ1) is 25.3. The van der Waals surface area contributed by atoms with Gasteiger partial charge in [0.15, 0.2) is 11.6 Å². The van der Waals surface area contributed by atoms with Gasteiger partial charge in [-0.15, -0.1) is 0 Å². The highest BCUT2D eigenvalue weighted by atomic mass is 19.4. The summed E-state index contributed by atoms with van der Waals surface area (Å²) in [6.07, 6.45) is -3.73. The first-order valence-corrected chi connectivity index (χ1v) is 9.62. The minimum atomic E-state index is -4.96. The van der Waals surface area contributed by atoms with Gasteiger partial charge < -0.3 is 19.8 Å². The Labute approximate surface area is 178 Å². The van der Waals surface area contributed by atoms with E-state index in [4.69, 9.17) is 19.8 Å². The van der Waals surface area contributed by atoms with E-state index in [0.717, 1.165) is 18.3 Å². The van der Waals surface area contributed by atoms with Gasteiger partial charge in [0, 0.05) is 43.1 Å². The second-order valence-electron chi connectivity index (χ2n) is 8.13. The van der Waals surface area contributed by atoms with E-state index in [0.29, 0.717) is 13.0 Å². The molecule has 0 amide bonds. The van der Waals surface area contributed by atoms with Gasteiger partial charge in [-0.25, -0.2) is 8.78 Å². The number of nitrogens with two attached hydrogens (primary N) is 1. The molecule has 5 nitrogen and oxygen atoms in total. The van der Waals surface area contributed by atoms with E-state index in [9.17, 15) is 22.0 Å². The summed E-state index contributed by atoms with van der Waals surface area (Å²) in [5.41, 5.74) is 0.340. The summed E-state index contributed by atoms with van der Waals surface area (Å²) in [7, 11) is 0.250. The van der Waals surface area contributed by atoms with Crippen molar-refractivity contribution >= 4 is 24.4 Å². The van der Waals surface area contributed by atoms with E-state index < -0.39 is 53.0 Å². The maximum Gasteiger partial charge on any atom is 0.497 e. The van der Waals surface area contributed by atoms with Crippen molar-refractivity contribution in [3.8, 4) is 0 Å². The Kier molecular flexibility index (Phi) is 7.55. The lowest BCUT2D eigenvalue weighted by Crippen LogP contribution is -2.41. The van der Waals surface area contributed by atoms with Gasteiger partial charge in [0.05, 0.1) is 11.2 Å². The van der Waals surface area contributed by atoms with Crippen LogP contribution in [-0.4, -0.2) is 51.0 Å². The van der Waals surface area contributed by atoms with E-state index in [1.165, 1.54) is 7.11 Å². The molecule has 0 spiro atoms. The second-order valence-corrected chi connectivity index (χ2v) is 8.13. The molecule has 0 aliphatic carbocycles. The molecule has 0 bridgehead atoms. The SMILES string of the molecule is COCCCN=C/C(=C(\N)C(F)(F)F)c1ccc(B2OC(C)(C)C(C)(C)O2)c(F)c1F. The third-order valence-electron chi connectivity index (χ3n) is 5.36. The molecule has 0 unspecified atom stereocenters. The van der Waals surface area contributed by atoms with E-state index in [2.05, 4.69) is 4.99 Å². The maximum atomic E-state index is 14.9. The second kappa shape index (κ2) is 9.26. The van der Waals surface area contributed by atoms with Crippen LogP contribution in [0.1, 0.15) is 39.7 Å². The minimum Gasteiger partial charge on any atom is -0.399 e. The fourth-order valence-corrected chi connectivity index (χ4v) is 2.82. The number of ether oxygens (including phenoxy) is 1. The molecule has 0 saturated carbocycles. The molecule has 2 N–H and O–H groups in total. The van der Waals surface area contributed by atoms with Crippen LogP contribution in [0.4, 0.5) is 22.0 Å². The lowest BCUT2D eigenvalue weighted by molar-refractivity contribution is -0.0918. The fraction of sp³-hybridized carbons (Fsp3) is 0.550. The molecule has 1 fully saturated rings. The van der Waals surface area contributed by atoms with Crippen molar-refractivity contribution < 1.29 is 36.0 Å². The van der Waals surface area contributed by atoms with E-state index in [1.54, 1.807) is 27.7 Å². The average molecular weight is 448 g/mol. The first-order chi connectivity index (χ1) is 14.2. The van der Waals surface area contributed by atoms with Gasteiger partial charge in [0.2, 0.25) is 0 Å². The van der Waals surface area contributed by atoms with Crippen LogP contribution < -0.4 is 11.2 Å². The number of rotatable bonds is 7. The van der Waals surface area contributed by atoms with Crippen molar-refractivity contribution in [2.45, 2.75) is 51.5 Å². The Morgan fingerprint density at radius 3 is 2.23 bits per heavy atom. The minimum absolute atomic E-state index is 0.124. The summed E-state index contributed by atoms with van der Waals surface area (Å²) in [6, 6.07) is 2.13. The van der Waals surface area contributed by atoms with Crippen LogP contribution in [0.2, 0.25) is 0 Å². The van der Waals surface area contributed by atoms with Crippen molar-refractivity contribution in [3.05, 3.63) is 35.0 Å². The van der Waals surface area contributed by atoms with Crippen LogP contribution in [0, 0.1) is 11.6 Å². The highest BCUT2D eigenvalue weighted by Gasteiger charge is 2.52. The first-order valence-electron chi connectivity index (χ1n) is 9.62. The van der Waals surface area contributed by atoms with Crippen LogP contribution in [-0.2, 0) is 14.0 Å². The molecule has 0 atom stereocenters. The predicted octanol–water partition coefficient (Wildman–Crippen LogP) is 3.60. The van der Waals surface area contributed by atoms with Crippen LogP contribution in [0.25, 0.3) is 5.57 Å². The van der Waals surface area contributed by atoms with Crippen LogP contribution in [0.5, 0.6) is 0 Å². The van der Waals surface area contributed by atoms with Crippen molar-refractivity contribution in [1.29, 1.82) is 0 Å². The molecule has 172 valence electrons. The molecule has 0 aromatic heterocycles. The number of aliphatic imine (C=N–C) groups is 1. The van der Waals surface area contributed by atoms with Crippen molar-refractivity contribution in [3.63, 3.8) is 0 Å². The molecular weight excluding hydrogens is 422 g/mol. The fourth-order valence-electron chi connectivity index (χ4n) is 2.82. The number of allylic oxidation sites excluding steroid dienone is 2. The number of hydrogen-bond donors (Lipinski definition) is 1. The third kappa shape index (κ3) is 5.45. The largest absolute Gasteiger partial charge is 0.497 e. The molecule has 1 aromatic carbocycles. The number of hydrogen-bond acceptors (Lipinski definition) is 5. The molecule has 0 radical (unpaired) electrons. The summed E-state index contributed by atoms with van der Waals surface area (Å²) in [4.78, 5) is 3.85. The Bertz CT molecular complexity index is 853. The summed E-state index contributed by atoms with van der Waals surface area (Å²) in [5.74, 6) is -2.88. The number of alkyl halides is 3. The zero-order valence-electron chi connectivity index (χ0n) is 18.1. The van der Waals surface area contributed by atoms with Gasteiger partial charge in [-0.1, -0.05) is 12.1 Å². The van der Waals surface area contributed by atoms with Gasteiger partial charge in [-0.3, -0.25) is 4.99 Å². The van der Waals surface area contributed by atoms with Crippen LogP contribution in [0.15, 0.2) is 22.8 Å². The Morgan fingerprint density at radius 1 is 1.13 bits per heavy atom. The standard InChI is InChI=1S/C20H26BF5N2O3/c1-18(2)19(3,4)31-21(30-18)14-8-7-12(15(22)16(14)23)13(17(27)20(24,25)26)11-28-9-6-10-29-5/h7-8,11H,6,9-10,27H2,1-5H3/b17-13+,28-11?. The summed E-state index contributed by atoms with van der Waals surface area (Å²) in [6.45, 7) is 7.41. The zero-order chi connectivity index (χ0) is 23.6. The highest BCUT2D eigenvalue weighted by Crippen LogP contribution is 2.37. The van der Waals surface area contributed by atoms with E-state index >= 15 is 0 Å². The van der Waals surface area contributed by atoms with Crippen molar-refractivity contribution in [2.24, 2.45) is 10.7 Å². The molecular formula is C20H26BF5N2O3. The third-order valence-corrected chi connectivity index (χ3v) is 5.36. The number of halogens is 5. The van der Waals surface area contributed by atoms with E-state index in [-0.39, 0.29) is 12.0 Å². The molecule has 1 aromatic rings. The summed E-state index contributed by atoms with van der Waals surface area (Å²) in [5, 5.41) is 0. The summed E-state index contributed by atoms with van der Waals surface area (Å²) < 4.78 is 85.7. The topological polar surface area (TPSA) is 66.1 Å². The van der Waals surface area contributed by atoms with Gasteiger partial charge in [0.25, 0.3) is 0 Å². The van der Waals surface area contributed by atoms with Gasteiger partial charge in [0.1, 0.15) is 5.70 Å². The monoisotopic (exact) mass is 448 g/mol. The lowest BCUT2D eigenvalue weighted by Gasteiger charge is -2.32. The number of benzene rings is 1. The van der Waals surface area contributed by atoms with Crippen molar-refractivity contribution in [2.75, 3.05) is 20.3 Å². The Hall–Kier alpha value is -1.98. The Morgan fingerprint density at radius 2 is 1.71 bits per heavy atom. The van der Waals surface area contributed by atoms with Gasteiger partial charge >= 0.3 is 13.3 Å². The molecule has 2 rings (SSSR count). The molecule has 1 heterocycles. The maximum absolute atomic E-state index is 14.9.